The van der Waals surface area contributed by atoms with E-state index in [-0.39, 0.29) is 11.6 Å². The van der Waals surface area contributed by atoms with Gasteiger partial charge in [0.05, 0.1) is 4.92 Å². The van der Waals surface area contributed by atoms with E-state index in [0.29, 0.717) is 23.6 Å². The molecule has 1 rings (SSSR count). The van der Waals surface area contributed by atoms with Crippen LogP contribution >= 0.6 is 11.6 Å². The summed E-state index contributed by atoms with van der Waals surface area (Å²) in [6, 6.07) is 4.12. The minimum absolute atomic E-state index is 0.0219. The Bertz CT molecular complexity index is 421. The van der Waals surface area contributed by atoms with Crippen LogP contribution < -0.4 is 5.32 Å². The minimum atomic E-state index is -0.493. The maximum absolute atomic E-state index is 11.6. The first-order valence-corrected chi connectivity index (χ1v) is 5.19. The maximum atomic E-state index is 11.6. The predicted octanol–water partition coefficient (Wildman–Crippen LogP) is 1.87. The van der Waals surface area contributed by atoms with Crippen molar-refractivity contribution in [1.82, 2.24) is 5.32 Å². The van der Waals surface area contributed by atoms with Gasteiger partial charge in [-0.2, -0.15) is 0 Å². The number of non-ortho nitro benzene ring substituents is 1. The topological polar surface area (TPSA) is 72.2 Å². The number of carbonyl (C=O) groups excluding carboxylic acids is 1. The van der Waals surface area contributed by atoms with Gasteiger partial charge >= 0.3 is 0 Å². The highest BCUT2D eigenvalue weighted by molar-refractivity contribution is 6.18. The summed E-state index contributed by atoms with van der Waals surface area (Å²) in [5.74, 6) is 0.0608. The number of nitrogens with one attached hydrogen (secondary N) is 1. The number of amides is 1. The molecule has 0 radical (unpaired) electrons. The Balaban J connectivity index is 2.90. The molecule has 0 heterocycles. The SMILES string of the molecule is Cc1cc([N+](=O)[O-])ccc1C(=O)NCCCl. The van der Waals surface area contributed by atoms with Gasteiger partial charge in [-0.05, 0) is 18.6 Å². The first kappa shape index (κ1) is 12.4. The molecule has 1 aromatic rings. The number of hydrogen-bond acceptors (Lipinski definition) is 3. The zero-order chi connectivity index (χ0) is 12.1. The van der Waals surface area contributed by atoms with Crippen LogP contribution in [0, 0.1) is 17.0 Å². The molecule has 5 nitrogen and oxygen atoms in total. The molecule has 0 aliphatic carbocycles. The van der Waals surface area contributed by atoms with E-state index in [1.807, 2.05) is 0 Å². The number of rotatable bonds is 4. The third kappa shape index (κ3) is 2.93. The Kier molecular flexibility index (Phi) is 4.25. The van der Waals surface area contributed by atoms with E-state index >= 15 is 0 Å². The second-order valence-electron chi connectivity index (χ2n) is 3.20. The average molecular weight is 243 g/mol. The summed E-state index contributed by atoms with van der Waals surface area (Å²) in [4.78, 5) is 21.6. The summed E-state index contributed by atoms with van der Waals surface area (Å²) < 4.78 is 0. The number of halogens is 1. The Morgan fingerprint density at radius 1 is 1.56 bits per heavy atom. The van der Waals surface area contributed by atoms with Crippen LogP contribution in [0.1, 0.15) is 15.9 Å². The van der Waals surface area contributed by atoms with Crippen molar-refractivity contribution >= 4 is 23.2 Å². The predicted molar refractivity (Wildman–Crippen MR) is 60.9 cm³/mol. The van der Waals surface area contributed by atoms with Crippen LogP contribution in [-0.4, -0.2) is 23.3 Å². The Morgan fingerprint density at radius 2 is 2.25 bits per heavy atom. The van der Waals surface area contributed by atoms with Crippen LogP contribution in [0.3, 0.4) is 0 Å². The number of carbonyl (C=O) groups is 1. The van der Waals surface area contributed by atoms with Crippen molar-refractivity contribution in [3.05, 3.63) is 39.4 Å². The maximum Gasteiger partial charge on any atom is 0.269 e. The number of nitrogens with zero attached hydrogens (tertiary/aromatic N) is 1. The normalized spacial score (nSPS) is 9.88. The summed E-state index contributed by atoms with van der Waals surface area (Å²) in [5, 5.41) is 13.1. The van der Waals surface area contributed by atoms with E-state index in [4.69, 9.17) is 11.6 Å². The van der Waals surface area contributed by atoms with Gasteiger partial charge < -0.3 is 5.32 Å². The van der Waals surface area contributed by atoms with Crippen molar-refractivity contribution in [3.8, 4) is 0 Å². The van der Waals surface area contributed by atoms with Crippen molar-refractivity contribution < 1.29 is 9.72 Å². The molecule has 1 amide bonds. The second-order valence-corrected chi connectivity index (χ2v) is 3.58. The first-order valence-electron chi connectivity index (χ1n) is 4.65. The lowest BCUT2D eigenvalue weighted by Crippen LogP contribution is -2.25. The van der Waals surface area contributed by atoms with Crippen LogP contribution in [0.4, 0.5) is 5.69 Å². The molecule has 86 valence electrons. The largest absolute Gasteiger partial charge is 0.351 e. The van der Waals surface area contributed by atoms with Gasteiger partial charge in [0.15, 0.2) is 0 Å². The number of hydrogen-bond donors (Lipinski definition) is 1. The Labute approximate surface area is 97.6 Å². The van der Waals surface area contributed by atoms with Gasteiger partial charge in [-0.3, -0.25) is 14.9 Å². The molecule has 0 atom stereocenters. The molecule has 0 bridgehead atoms. The minimum Gasteiger partial charge on any atom is -0.351 e. The van der Waals surface area contributed by atoms with Gasteiger partial charge in [0.25, 0.3) is 11.6 Å². The average Bonchev–Trinajstić information content (AvgIpc) is 2.25. The van der Waals surface area contributed by atoms with Crippen LogP contribution in [0.15, 0.2) is 18.2 Å². The van der Waals surface area contributed by atoms with Gasteiger partial charge in [0.2, 0.25) is 0 Å². The van der Waals surface area contributed by atoms with Gasteiger partial charge in [-0.25, -0.2) is 0 Å². The lowest BCUT2D eigenvalue weighted by molar-refractivity contribution is -0.384. The molecule has 6 heteroatoms. The van der Waals surface area contributed by atoms with Crippen LogP contribution in [-0.2, 0) is 0 Å². The van der Waals surface area contributed by atoms with Crippen molar-refractivity contribution in [2.24, 2.45) is 0 Å². The number of nitro groups is 1. The molecule has 0 aromatic heterocycles. The van der Waals surface area contributed by atoms with Gasteiger partial charge in [-0.15, -0.1) is 11.6 Å². The quantitative estimate of drug-likeness (QED) is 0.498. The van der Waals surface area contributed by atoms with E-state index < -0.39 is 4.92 Å². The lowest BCUT2D eigenvalue weighted by atomic mass is 10.1. The molecule has 0 unspecified atom stereocenters. The highest BCUT2D eigenvalue weighted by Gasteiger charge is 2.12. The fourth-order valence-electron chi connectivity index (χ4n) is 1.27. The Hall–Kier alpha value is -1.62. The summed E-state index contributed by atoms with van der Waals surface area (Å²) in [5.41, 5.74) is 0.975. The monoisotopic (exact) mass is 242 g/mol. The molecule has 0 saturated heterocycles. The second kappa shape index (κ2) is 5.46. The standard InChI is InChI=1S/C10H11ClN2O3/c1-7-6-8(13(15)16)2-3-9(7)10(14)12-5-4-11/h2-3,6H,4-5H2,1H3,(H,12,14). The first-order chi connectivity index (χ1) is 7.56. The van der Waals surface area contributed by atoms with Crippen LogP contribution in [0.2, 0.25) is 0 Å². The number of aryl methyl sites for hydroxylation is 1. The van der Waals surface area contributed by atoms with Crippen LogP contribution in [0.5, 0.6) is 0 Å². The van der Waals surface area contributed by atoms with Crippen molar-refractivity contribution in [1.29, 1.82) is 0 Å². The van der Waals surface area contributed by atoms with E-state index in [9.17, 15) is 14.9 Å². The molecule has 1 N–H and O–H groups in total. The molecule has 0 saturated carbocycles. The highest BCUT2D eigenvalue weighted by atomic mass is 35.5. The molecule has 0 fully saturated rings. The smallest absolute Gasteiger partial charge is 0.269 e. The molecule has 1 aromatic carbocycles. The molecular formula is C10H11ClN2O3. The molecule has 0 aliphatic heterocycles. The lowest BCUT2D eigenvalue weighted by Gasteiger charge is -2.05. The van der Waals surface area contributed by atoms with Gasteiger partial charge in [0.1, 0.15) is 0 Å². The highest BCUT2D eigenvalue weighted by Crippen LogP contribution is 2.16. The summed E-state index contributed by atoms with van der Waals surface area (Å²) >= 11 is 5.44. The van der Waals surface area contributed by atoms with Gasteiger partial charge in [0, 0.05) is 30.1 Å². The summed E-state index contributed by atoms with van der Waals surface area (Å²) in [6.07, 6.45) is 0. The summed E-state index contributed by atoms with van der Waals surface area (Å²) in [7, 11) is 0. The molecule has 0 aliphatic rings. The van der Waals surface area contributed by atoms with E-state index in [0.717, 1.165) is 0 Å². The van der Waals surface area contributed by atoms with Gasteiger partial charge in [-0.1, -0.05) is 0 Å². The zero-order valence-corrected chi connectivity index (χ0v) is 9.45. The third-order valence-corrected chi connectivity index (χ3v) is 2.23. The number of nitro benzene ring substituents is 1. The van der Waals surface area contributed by atoms with E-state index in [2.05, 4.69) is 5.32 Å². The number of alkyl halides is 1. The van der Waals surface area contributed by atoms with Crippen molar-refractivity contribution in [2.45, 2.75) is 6.92 Å². The summed E-state index contributed by atoms with van der Waals surface area (Å²) in [6.45, 7) is 2.03. The van der Waals surface area contributed by atoms with Crippen molar-refractivity contribution in [2.75, 3.05) is 12.4 Å². The zero-order valence-electron chi connectivity index (χ0n) is 8.70. The van der Waals surface area contributed by atoms with Crippen molar-refractivity contribution in [3.63, 3.8) is 0 Å². The van der Waals surface area contributed by atoms with Crippen LogP contribution in [0.25, 0.3) is 0 Å². The van der Waals surface area contributed by atoms with E-state index in [1.54, 1.807) is 6.92 Å². The molecular weight excluding hydrogens is 232 g/mol. The Morgan fingerprint density at radius 3 is 2.75 bits per heavy atom. The fraction of sp³-hybridized carbons (Fsp3) is 0.300. The molecule has 16 heavy (non-hydrogen) atoms. The number of benzene rings is 1. The van der Waals surface area contributed by atoms with E-state index in [1.165, 1.54) is 18.2 Å². The molecule has 0 spiro atoms. The third-order valence-electron chi connectivity index (χ3n) is 2.05. The fourth-order valence-corrected chi connectivity index (χ4v) is 1.37.